The van der Waals surface area contributed by atoms with Crippen LogP contribution >= 0.6 is 0 Å². The van der Waals surface area contributed by atoms with Crippen molar-refractivity contribution >= 4 is 16.7 Å². The van der Waals surface area contributed by atoms with Crippen LogP contribution in [0.2, 0.25) is 0 Å². The van der Waals surface area contributed by atoms with E-state index in [1.165, 1.54) is 0 Å². The maximum absolute atomic E-state index is 12.4. The van der Waals surface area contributed by atoms with Crippen LogP contribution in [0.15, 0.2) is 59.4 Å². The molecule has 0 aliphatic heterocycles. The molecule has 1 heterocycles. The van der Waals surface area contributed by atoms with Gasteiger partial charge in [0, 0.05) is 5.56 Å². The Bertz CT molecular complexity index is 856. The molecule has 3 aromatic rings. The molecule has 5 nitrogen and oxygen atoms in total. The number of benzene rings is 2. The number of hydrogen-bond acceptors (Lipinski definition) is 4. The van der Waals surface area contributed by atoms with Gasteiger partial charge in [0.25, 0.3) is 5.56 Å². The number of hydrogen-bond donors (Lipinski definition) is 0. The van der Waals surface area contributed by atoms with Crippen LogP contribution in [0.5, 0.6) is 0 Å². The zero-order valence-electron chi connectivity index (χ0n) is 11.4. The quantitative estimate of drug-likeness (QED) is 0.690. The van der Waals surface area contributed by atoms with Crippen molar-refractivity contribution in [2.24, 2.45) is 0 Å². The second-order valence-electron chi connectivity index (χ2n) is 4.76. The fraction of sp³-hybridized carbons (Fsp3) is 0.125. The molecule has 3 rings (SSSR count). The van der Waals surface area contributed by atoms with Crippen LogP contribution < -0.4 is 5.56 Å². The molecule has 1 atom stereocenters. The van der Waals surface area contributed by atoms with Crippen LogP contribution in [0, 0.1) is 0 Å². The highest BCUT2D eigenvalue weighted by Crippen LogP contribution is 2.12. The van der Waals surface area contributed by atoms with Crippen LogP contribution in [-0.4, -0.2) is 20.8 Å². The van der Waals surface area contributed by atoms with Crippen LogP contribution in [0.25, 0.3) is 10.9 Å². The van der Waals surface area contributed by atoms with Gasteiger partial charge in [-0.1, -0.05) is 47.7 Å². The Labute approximate surface area is 120 Å². The minimum absolute atomic E-state index is 0.165. The fourth-order valence-corrected chi connectivity index (χ4v) is 2.21. The average molecular weight is 279 g/mol. The molecule has 2 aromatic carbocycles. The first kappa shape index (κ1) is 13.2. The molecule has 0 fully saturated rings. The Balaban J connectivity index is 2.06. The van der Waals surface area contributed by atoms with E-state index < -0.39 is 6.04 Å². The van der Waals surface area contributed by atoms with E-state index in [9.17, 15) is 9.59 Å². The van der Waals surface area contributed by atoms with Crippen molar-refractivity contribution < 1.29 is 4.79 Å². The predicted molar refractivity (Wildman–Crippen MR) is 79.3 cm³/mol. The minimum atomic E-state index is -0.697. The van der Waals surface area contributed by atoms with Crippen LogP contribution in [0.4, 0.5) is 0 Å². The summed E-state index contributed by atoms with van der Waals surface area (Å²) in [7, 11) is 0. The molecule has 5 heteroatoms. The minimum Gasteiger partial charge on any atom is -0.292 e. The van der Waals surface area contributed by atoms with Crippen molar-refractivity contribution in [1.82, 2.24) is 15.0 Å². The average Bonchev–Trinajstić information content (AvgIpc) is 2.55. The number of carbonyl (C=O) groups is 1. The summed E-state index contributed by atoms with van der Waals surface area (Å²) < 4.78 is 1.14. The molecule has 0 spiro atoms. The summed E-state index contributed by atoms with van der Waals surface area (Å²) in [5, 5.41) is 8.34. The van der Waals surface area contributed by atoms with E-state index in [-0.39, 0.29) is 11.3 Å². The van der Waals surface area contributed by atoms with Gasteiger partial charge in [-0.3, -0.25) is 9.59 Å². The van der Waals surface area contributed by atoms with Crippen molar-refractivity contribution in [3.05, 3.63) is 70.5 Å². The highest BCUT2D eigenvalue weighted by Gasteiger charge is 2.20. The lowest BCUT2D eigenvalue weighted by molar-refractivity contribution is 0.0923. The standard InChI is InChI=1S/C16H13N3O2/c1-11(15(20)12-7-3-2-4-8-12)19-16(21)13-9-5-6-10-14(13)17-18-19/h2-11H,1H3/t11-/m1/s1. The lowest BCUT2D eigenvalue weighted by Gasteiger charge is -2.12. The SMILES string of the molecule is C[C@H](C(=O)c1ccccc1)n1nnc2ccccc2c1=O. The van der Waals surface area contributed by atoms with Gasteiger partial charge in [0.15, 0.2) is 5.78 Å². The number of carbonyl (C=O) groups excluding carboxylic acids is 1. The predicted octanol–water partition coefficient (Wildman–Crippen LogP) is 2.24. The summed E-state index contributed by atoms with van der Waals surface area (Å²) in [6.07, 6.45) is 0. The number of rotatable bonds is 3. The van der Waals surface area contributed by atoms with E-state index in [4.69, 9.17) is 0 Å². The smallest absolute Gasteiger partial charge is 0.278 e. The molecule has 0 saturated carbocycles. The molecular formula is C16H13N3O2. The van der Waals surface area contributed by atoms with Crippen LogP contribution in [-0.2, 0) is 0 Å². The third-order valence-corrected chi connectivity index (χ3v) is 3.40. The van der Waals surface area contributed by atoms with E-state index in [1.54, 1.807) is 55.5 Å². The first-order valence-corrected chi connectivity index (χ1v) is 6.62. The summed E-state index contributed by atoms with van der Waals surface area (Å²) in [6.45, 7) is 1.65. The number of Topliss-reactive ketones (excluding diaryl/α,β-unsaturated/α-hetero) is 1. The van der Waals surface area contributed by atoms with Gasteiger partial charge in [0.05, 0.1) is 5.39 Å². The lowest BCUT2D eigenvalue weighted by Crippen LogP contribution is -2.31. The van der Waals surface area contributed by atoms with Crippen molar-refractivity contribution in [2.45, 2.75) is 13.0 Å². The first-order valence-electron chi connectivity index (χ1n) is 6.62. The van der Waals surface area contributed by atoms with Crippen LogP contribution in [0.3, 0.4) is 0 Å². The molecule has 0 unspecified atom stereocenters. The summed E-state index contributed by atoms with van der Waals surface area (Å²) in [5.41, 5.74) is 0.766. The molecule has 0 N–H and O–H groups in total. The highest BCUT2D eigenvalue weighted by atomic mass is 16.1. The Hall–Kier alpha value is -2.82. The molecule has 0 amide bonds. The van der Waals surface area contributed by atoms with E-state index in [1.807, 2.05) is 6.07 Å². The summed E-state index contributed by atoms with van der Waals surface area (Å²) in [4.78, 5) is 24.8. The molecule has 104 valence electrons. The van der Waals surface area contributed by atoms with Crippen molar-refractivity contribution in [1.29, 1.82) is 0 Å². The van der Waals surface area contributed by atoms with Gasteiger partial charge in [0.1, 0.15) is 11.6 Å². The Kier molecular flexibility index (Phi) is 3.31. The second-order valence-corrected chi connectivity index (χ2v) is 4.76. The van der Waals surface area contributed by atoms with Gasteiger partial charge in [-0.05, 0) is 19.1 Å². The summed E-state index contributed by atoms with van der Waals surface area (Å²) in [6, 6.07) is 15.1. The van der Waals surface area contributed by atoms with E-state index in [0.29, 0.717) is 16.5 Å². The van der Waals surface area contributed by atoms with E-state index in [0.717, 1.165) is 4.68 Å². The van der Waals surface area contributed by atoms with Gasteiger partial charge in [0.2, 0.25) is 0 Å². The Morgan fingerprint density at radius 3 is 2.48 bits per heavy atom. The van der Waals surface area contributed by atoms with Crippen molar-refractivity contribution in [2.75, 3.05) is 0 Å². The normalized spacial score (nSPS) is 12.2. The summed E-state index contributed by atoms with van der Waals surface area (Å²) in [5.74, 6) is -0.165. The van der Waals surface area contributed by atoms with Gasteiger partial charge >= 0.3 is 0 Å². The maximum Gasteiger partial charge on any atom is 0.278 e. The van der Waals surface area contributed by atoms with Gasteiger partial charge in [-0.25, -0.2) is 0 Å². The van der Waals surface area contributed by atoms with E-state index in [2.05, 4.69) is 10.3 Å². The van der Waals surface area contributed by atoms with Crippen molar-refractivity contribution in [3.63, 3.8) is 0 Å². The first-order chi connectivity index (χ1) is 10.2. The monoisotopic (exact) mass is 279 g/mol. The fourth-order valence-electron chi connectivity index (χ4n) is 2.21. The zero-order chi connectivity index (χ0) is 14.8. The summed E-state index contributed by atoms with van der Waals surface area (Å²) >= 11 is 0. The van der Waals surface area contributed by atoms with Gasteiger partial charge in [-0.2, -0.15) is 4.68 Å². The molecule has 0 saturated heterocycles. The second kappa shape index (κ2) is 5.28. The van der Waals surface area contributed by atoms with Gasteiger partial charge < -0.3 is 0 Å². The largest absolute Gasteiger partial charge is 0.292 e. The van der Waals surface area contributed by atoms with Crippen molar-refractivity contribution in [3.8, 4) is 0 Å². The third-order valence-electron chi connectivity index (χ3n) is 3.40. The van der Waals surface area contributed by atoms with Crippen LogP contribution in [0.1, 0.15) is 23.3 Å². The molecule has 1 aromatic heterocycles. The molecule has 0 bridgehead atoms. The number of aromatic nitrogens is 3. The Morgan fingerprint density at radius 1 is 1.05 bits per heavy atom. The van der Waals surface area contributed by atoms with Gasteiger partial charge in [-0.15, -0.1) is 5.10 Å². The highest BCUT2D eigenvalue weighted by molar-refractivity contribution is 5.98. The number of ketones is 1. The topological polar surface area (TPSA) is 64.8 Å². The molecular weight excluding hydrogens is 266 g/mol. The van der Waals surface area contributed by atoms with E-state index >= 15 is 0 Å². The number of fused-ring (bicyclic) bond motifs is 1. The molecule has 0 aliphatic carbocycles. The lowest BCUT2D eigenvalue weighted by atomic mass is 10.1. The molecule has 21 heavy (non-hydrogen) atoms. The Morgan fingerprint density at radius 2 is 1.71 bits per heavy atom. The zero-order valence-corrected chi connectivity index (χ0v) is 11.4. The molecule has 0 aliphatic rings. The number of nitrogens with zero attached hydrogens (tertiary/aromatic N) is 3. The molecule has 0 radical (unpaired) electrons. The third kappa shape index (κ3) is 2.33. The maximum atomic E-state index is 12.4.